The third-order valence-electron chi connectivity index (χ3n) is 12.4. The van der Waals surface area contributed by atoms with Gasteiger partial charge in [0.1, 0.15) is 5.65 Å². The SMILES string of the molecule is Cn1c2ccccc2c2c1ccc1c3ccccc3n(-c3nc(-c4cccc(-c5ccccc5)c4)nc(-n4c5ccccc5c5c6ccccc6n(-c6ccccc6)c54)n3)c12. The first-order valence-electron chi connectivity index (χ1n) is 20.6. The summed E-state index contributed by atoms with van der Waals surface area (Å²) in [7, 11) is 2.15. The van der Waals surface area contributed by atoms with Gasteiger partial charge in [0.2, 0.25) is 11.9 Å². The van der Waals surface area contributed by atoms with Crippen molar-refractivity contribution in [3.63, 3.8) is 0 Å². The maximum Gasteiger partial charge on any atom is 0.241 e. The highest BCUT2D eigenvalue weighted by Crippen LogP contribution is 2.43. The number of aromatic nitrogens is 7. The van der Waals surface area contributed by atoms with Crippen LogP contribution in [0.4, 0.5) is 0 Å². The molecule has 0 fully saturated rings. The van der Waals surface area contributed by atoms with E-state index in [0.717, 1.165) is 77.2 Å². The van der Waals surface area contributed by atoms with Gasteiger partial charge in [0.15, 0.2) is 5.82 Å². The summed E-state index contributed by atoms with van der Waals surface area (Å²) in [6.07, 6.45) is 0. The predicted octanol–water partition coefficient (Wildman–Crippen LogP) is 13.0. The molecular weight excluding hydrogens is 747 g/mol. The molecule has 5 aromatic heterocycles. The molecule has 0 aliphatic carbocycles. The second-order valence-corrected chi connectivity index (χ2v) is 15.7. The number of fused-ring (bicyclic) bond motifs is 12. The van der Waals surface area contributed by atoms with Crippen LogP contribution in [0.2, 0.25) is 0 Å². The Balaban J connectivity index is 1.20. The maximum absolute atomic E-state index is 5.61. The van der Waals surface area contributed by atoms with Crippen molar-refractivity contribution in [1.82, 2.24) is 33.2 Å². The summed E-state index contributed by atoms with van der Waals surface area (Å²) in [5, 5.41) is 8.09. The molecule has 7 heteroatoms. The van der Waals surface area contributed by atoms with E-state index in [4.69, 9.17) is 15.0 Å². The summed E-state index contributed by atoms with van der Waals surface area (Å²) >= 11 is 0. The van der Waals surface area contributed by atoms with Crippen molar-refractivity contribution in [3.05, 3.63) is 194 Å². The lowest BCUT2D eigenvalue weighted by Crippen LogP contribution is -2.11. The van der Waals surface area contributed by atoms with E-state index in [1.165, 1.54) is 21.7 Å². The van der Waals surface area contributed by atoms with Gasteiger partial charge < -0.3 is 4.57 Å². The van der Waals surface area contributed by atoms with E-state index in [0.29, 0.717) is 17.7 Å². The Kier molecular flexibility index (Phi) is 7.09. The van der Waals surface area contributed by atoms with Gasteiger partial charge in [0, 0.05) is 61.5 Å². The Morgan fingerprint density at radius 2 is 0.869 bits per heavy atom. The molecule has 0 aliphatic rings. The van der Waals surface area contributed by atoms with Crippen molar-refractivity contribution in [2.24, 2.45) is 7.05 Å². The van der Waals surface area contributed by atoms with Gasteiger partial charge in [-0.1, -0.05) is 146 Å². The second-order valence-electron chi connectivity index (χ2n) is 15.7. The fraction of sp³-hybridized carbons (Fsp3) is 0.0185. The van der Waals surface area contributed by atoms with E-state index in [1.807, 2.05) is 6.07 Å². The average molecular weight is 782 g/mol. The third-order valence-corrected chi connectivity index (χ3v) is 12.4. The Bertz CT molecular complexity index is 3890. The van der Waals surface area contributed by atoms with Crippen LogP contribution in [0.5, 0.6) is 0 Å². The fourth-order valence-corrected chi connectivity index (χ4v) is 9.80. The standard InChI is InChI=1S/C54H35N7/c1-58-43-27-12-9-24-40(43)49-47(58)32-31-39-38-23-8-13-28-44(38)60(50(39)49)53-55-51(36-20-16-19-35(33-36)34-17-4-2-5-18-34)56-54(57-53)61-46-30-15-11-26-42(46)48-41-25-10-14-29-45(41)59(52(48)61)37-21-6-3-7-22-37/h2-33H,1H3. The normalized spacial score (nSPS) is 12.0. The van der Waals surface area contributed by atoms with Crippen LogP contribution in [0.1, 0.15) is 0 Å². The zero-order chi connectivity index (χ0) is 40.2. The van der Waals surface area contributed by atoms with Crippen molar-refractivity contribution in [2.75, 3.05) is 0 Å². The minimum atomic E-state index is 0.535. The van der Waals surface area contributed by atoms with Crippen LogP contribution < -0.4 is 0 Å². The minimum absolute atomic E-state index is 0.535. The van der Waals surface area contributed by atoms with Crippen LogP contribution in [0, 0.1) is 0 Å². The number of hydrogen-bond donors (Lipinski definition) is 0. The summed E-state index contributed by atoms with van der Waals surface area (Å²) in [6.45, 7) is 0. The van der Waals surface area contributed by atoms with Crippen LogP contribution in [-0.2, 0) is 7.05 Å². The van der Waals surface area contributed by atoms with E-state index in [1.54, 1.807) is 0 Å². The monoisotopic (exact) mass is 781 g/mol. The zero-order valence-corrected chi connectivity index (χ0v) is 33.1. The van der Waals surface area contributed by atoms with Crippen LogP contribution in [0.25, 0.3) is 117 Å². The molecule has 8 aromatic carbocycles. The molecule has 0 unspecified atom stereocenters. The molecule has 0 atom stereocenters. The molecule has 7 nitrogen and oxygen atoms in total. The van der Waals surface area contributed by atoms with Crippen LogP contribution in [-0.4, -0.2) is 33.2 Å². The van der Waals surface area contributed by atoms with Gasteiger partial charge in [-0.2, -0.15) is 15.0 Å². The smallest absolute Gasteiger partial charge is 0.241 e. The van der Waals surface area contributed by atoms with Crippen LogP contribution in [0.3, 0.4) is 0 Å². The van der Waals surface area contributed by atoms with Gasteiger partial charge in [-0.3, -0.25) is 13.7 Å². The topological polar surface area (TPSA) is 58.4 Å². The number of para-hydroxylation sites is 5. The Labute approximate surface area is 349 Å². The lowest BCUT2D eigenvalue weighted by atomic mass is 10.0. The molecule has 0 aliphatic heterocycles. The highest BCUT2D eigenvalue weighted by Gasteiger charge is 2.26. The highest BCUT2D eigenvalue weighted by molar-refractivity contribution is 6.26. The van der Waals surface area contributed by atoms with Crippen molar-refractivity contribution in [2.45, 2.75) is 0 Å². The molecule has 0 N–H and O–H groups in total. The highest BCUT2D eigenvalue weighted by atomic mass is 15.3. The molecule has 0 spiro atoms. The summed E-state index contributed by atoms with van der Waals surface area (Å²) in [4.78, 5) is 16.6. The molecule has 0 bridgehead atoms. The lowest BCUT2D eigenvalue weighted by molar-refractivity contribution is 0.884. The molecule has 0 radical (unpaired) electrons. The van der Waals surface area contributed by atoms with Crippen molar-refractivity contribution in [1.29, 1.82) is 0 Å². The van der Waals surface area contributed by atoms with E-state index in [-0.39, 0.29) is 0 Å². The number of benzene rings is 8. The van der Waals surface area contributed by atoms with Gasteiger partial charge >= 0.3 is 0 Å². The molecule has 13 aromatic rings. The van der Waals surface area contributed by atoms with Gasteiger partial charge in [0.05, 0.1) is 27.6 Å². The second kappa shape index (κ2) is 12.9. The zero-order valence-electron chi connectivity index (χ0n) is 33.1. The van der Waals surface area contributed by atoms with E-state index in [9.17, 15) is 0 Å². The number of aryl methyl sites for hydroxylation is 1. The minimum Gasteiger partial charge on any atom is -0.344 e. The Hall–Kier alpha value is -8.29. The molecule has 0 saturated carbocycles. The number of rotatable bonds is 5. The van der Waals surface area contributed by atoms with Crippen LogP contribution >= 0.6 is 0 Å². The van der Waals surface area contributed by atoms with Crippen molar-refractivity contribution >= 4 is 76.5 Å². The van der Waals surface area contributed by atoms with Gasteiger partial charge in [-0.05, 0) is 59.7 Å². The lowest BCUT2D eigenvalue weighted by Gasteiger charge is -2.15. The van der Waals surface area contributed by atoms with E-state index >= 15 is 0 Å². The largest absolute Gasteiger partial charge is 0.344 e. The van der Waals surface area contributed by atoms with Gasteiger partial charge in [-0.15, -0.1) is 0 Å². The first-order chi connectivity index (χ1) is 30.2. The predicted molar refractivity (Wildman–Crippen MR) is 250 cm³/mol. The van der Waals surface area contributed by atoms with Crippen LogP contribution in [0.15, 0.2) is 194 Å². The first kappa shape index (κ1) is 33.7. The van der Waals surface area contributed by atoms with Crippen molar-refractivity contribution < 1.29 is 0 Å². The molecule has 0 saturated heterocycles. The fourth-order valence-electron chi connectivity index (χ4n) is 9.80. The summed E-state index contributed by atoms with van der Waals surface area (Å²) in [5.41, 5.74) is 11.7. The van der Waals surface area contributed by atoms with Gasteiger partial charge in [-0.25, -0.2) is 0 Å². The summed E-state index contributed by atoms with van der Waals surface area (Å²) in [5.74, 6) is 1.67. The molecule has 61 heavy (non-hydrogen) atoms. The number of hydrogen-bond acceptors (Lipinski definition) is 3. The first-order valence-corrected chi connectivity index (χ1v) is 20.6. The van der Waals surface area contributed by atoms with Crippen molar-refractivity contribution in [3.8, 4) is 40.1 Å². The maximum atomic E-state index is 5.61. The summed E-state index contributed by atoms with van der Waals surface area (Å²) < 4.78 is 9.15. The molecule has 0 amide bonds. The Morgan fingerprint density at radius 1 is 0.344 bits per heavy atom. The average Bonchev–Trinajstić information content (AvgIpc) is 4.04. The van der Waals surface area contributed by atoms with E-state index < -0.39 is 0 Å². The molecule has 13 rings (SSSR count). The molecule has 5 heterocycles. The quantitative estimate of drug-likeness (QED) is 0.175. The van der Waals surface area contributed by atoms with E-state index in [2.05, 4.69) is 213 Å². The van der Waals surface area contributed by atoms with Gasteiger partial charge in [0.25, 0.3) is 0 Å². The number of nitrogens with zero attached hydrogens (tertiary/aromatic N) is 7. The molecule has 286 valence electrons. The Morgan fingerprint density at radius 3 is 1.57 bits per heavy atom. The summed E-state index contributed by atoms with van der Waals surface area (Å²) in [6, 6.07) is 68.7. The third kappa shape index (κ3) is 4.83. The molecular formula is C54H35N7.